The summed E-state index contributed by atoms with van der Waals surface area (Å²) < 4.78 is 0. The minimum atomic E-state index is 0.481. The lowest BCUT2D eigenvalue weighted by atomic mass is 10.2. The SMILES string of the molecule is CCSCCC(C)Nc1ccc(N)nc1. The Bertz CT molecular complexity index is 274. The number of thioether (sulfide) groups is 1. The zero-order valence-corrected chi connectivity index (χ0v) is 10.2. The number of aromatic nitrogens is 1. The molecule has 0 saturated heterocycles. The van der Waals surface area contributed by atoms with Gasteiger partial charge in [0.1, 0.15) is 5.82 Å². The third kappa shape index (κ3) is 4.93. The lowest BCUT2D eigenvalue weighted by Crippen LogP contribution is -2.16. The zero-order chi connectivity index (χ0) is 11.1. The molecule has 15 heavy (non-hydrogen) atoms. The first-order chi connectivity index (χ1) is 7.22. The summed E-state index contributed by atoms with van der Waals surface area (Å²) in [5.74, 6) is 2.96. The molecule has 0 fully saturated rings. The lowest BCUT2D eigenvalue weighted by molar-refractivity contribution is 0.771. The van der Waals surface area contributed by atoms with Crippen molar-refractivity contribution < 1.29 is 0 Å². The van der Waals surface area contributed by atoms with E-state index in [4.69, 9.17) is 5.73 Å². The Balaban J connectivity index is 2.31. The molecule has 1 rings (SSSR count). The molecule has 84 valence electrons. The van der Waals surface area contributed by atoms with Crippen LogP contribution < -0.4 is 11.1 Å². The Morgan fingerprint density at radius 2 is 2.33 bits per heavy atom. The Hall–Kier alpha value is -0.900. The number of nitrogen functional groups attached to an aromatic ring is 1. The van der Waals surface area contributed by atoms with Crippen molar-refractivity contribution in [1.29, 1.82) is 0 Å². The Kier molecular flexibility index (Phi) is 5.32. The summed E-state index contributed by atoms with van der Waals surface area (Å²) in [5, 5.41) is 3.40. The average molecular weight is 225 g/mol. The van der Waals surface area contributed by atoms with Crippen molar-refractivity contribution in [1.82, 2.24) is 4.98 Å². The number of hydrogen-bond donors (Lipinski definition) is 2. The van der Waals surface area contributed by atoms with Crippen LogP contribution in [0.5, 0.6) is 0 Å². The van der Waals surface area contributed by atoms with Gasteiger partial charge >= 0.3 is 0 Å². The summed E-state index contributed by atoms with van der Waals surface area (Å²) in [6.07, 6.45) is 2.95. The maximum Gasteiger partial charge on any atom is 0.123 e. The van der Waals surface area contributed by atoms with Gasteiger partial charge in [-0.15, -0.1) is 0 Å². The van der Waals surface area contributed by atoms with E-state index in [-0.39, 0.29) is 0 Å². The number of nitrogens with zero attached hydrogens (tertiary/aromatic N) is 1. The molecule has 1 aromatic heterocycles. The first-order valence-electron chi connectivity index (χ1n) is 5.28. The number of rotatable bonds is 6. The van der Waals surface area contributed by atoms with Crippen LogP contribution in [0.15, 0.2) is 18.3 Å². The van der Waals surface area contributed by atoms with Gasteiger partial charge in [-0.1, -0.05) is 6.92 Å². The van der Waals surface area contributed by atoms with Crippen molar-refractivity contribution in [3.05, 3.63) is 18.3 Å². The molecule has 4 heteroatoms. The van der Waals surface area contributed by atoms with E-state index in [0.717, 1.165) is 5.69 Å². The van der Waals surface area contributed by atoms with Crippen LogP contribution in [0.1, 0.15) is 20.3 Å². The maximum atomic E-state index is 5.51. The largest absolute Gasteiger partial charge is 0.384 e. The molecular formula is C11H19N3S. The van der Waals surface area contributed by atoms with Gasteiger partial charge in [0.15, 0.2) is 0 Å². The van der Waals surface area contributed by atoms with E-state index in [2.05, 4.69) is 24.1 Å². The van der Waals surface area contributed by atoms with E-state index in [9.17, 15) is 0 Å². The van der Waals surface area contributed by atoms with Crippen molar-refractivity contribution in [3.8, 4) is 0 Å². The van der Waals surface area contributed by atoms with Crippen LogP contribution in [0.2, 0.25) is 0 Å². The molecule has 0 aromatic carbocycles. The van der Waals surface area contributed by atoms with E-state index in [1.54, 1.807) is 6.20 Å². The zero-order valence-electron chi connectivity index (χ0n) is 9.36. The van der Waals surface area contributed by atoms with Crippen LogP contribution in [0, 0.1) is 0 Å². The highest BCUT2D eigenvalue weighted by Gasteiger charge is 2.01. The highest BCUT2D eigenvalue weighted by atomic mass is 32.2. The molecule has 3 nitrogen and oxygen atoms in total. The fourth-order valence-corrected chi connectivity index (χ4v) is 2.06. The fraction of sp³-hybridized carbons (Fsp3) is 0.545. The predicted molar refractivity (Wildman–Crippen MR) is 69.4 cm³/mol. The molecule has 1 aromatic rings. The number of nitrogens with one attached hydrogen (secondary N) is 1. The number of anilines is 2. The Labute approximate surface area is 95.9 Å². The number of hydrogen-bond acceptors (Lipinski definition) is 4. The molecule has 0 bridgehead atoms. The first kappa shape index (κ1) is 12.2. The molecular weight excluding hydrogens is 206 g/mol. The summed E-state index contributed by atoms with van der Waals surface area (Å²) >= 11 is 1.97. The maximum absolute atomic E-state index is 5.51. The first-order valence-corrected chi connectivity index (χ1v) is 6.43. The molecule has 0 spiro atoms. The van der Waals surface area contributed by atoms with Gasteiger partial charge in [0.2, 0.25) is 0 Å². The third-order valence-corrected chi connectivity index (χ3v) is 3.03. The van der Waals surface area contributed by atoms with Crippen LogP contribution in [0.3, 0.4) is 0 Å². The van der Waals surface area contributed by atoms with E-state index >= 15 is 0 Å². The molecule has 0 amide bonds. The fourth-order valence-electron chi connectivity index (χ4n) is 1.25. The molecule has 0 aliphatic carbocycles. The second kappa shape index (κ2) is 6.56. The Morgan fingerprint density at radius 1 is 1.53 bits per heavy atom. The van der Waals surface area contributed by atoms with Crippen LogP contribution in [-0.4, -0.2) is 22.5 Å². The van der Waals surface area contributed by atoms with Gasteiger partial charge in [-0.3, -0.25) is 0 Å². The van der Waals surface area contributed by atoms with Gasteiger partial charge in [0.05, 0.1) is 11.9 Å². The summed E-state index contributed by atoms with van der Waals surface area (Å²) in [5.41, 5.74) is 6.55. The summed E-state index contributed by atoms with van der Waals surface area (Å²) in [6, 6.07) is 4.26. The predicted octanol–water partition coefficient (Wildman–Crippen LogP) is 2.61. The molecule has 1 heterocycles. The third-order valence-electron chi connectivity index (χ3n) is 2.10. The van der Waals surface area contributed by atoms with Crippen LogP contribution in [0.4, 0.5) is 11.5 Å². The van der Waals surface area contributed by atoms with Crippen LogP contribution in [0.25, 0.3) is 0 Å². The van der Waals surface area contributed by atoms with Gasteiger partial charge in [0, 0.05) is 6.04 Å². The van der Waals surface area contributed by atoms with Gasteiger partial charge in [-0.2, -0.15) is 11.8 Å². The standard InChI is InChI=1S/C11H19N3S/c1-3-15-7-6-9(2)14-10-4-5-11(12)13-8-10/h4-5,8-9,14H,3,6-7H2,1-2H3,(H2,12,13). The molecule has 0 radical (unpaired) electrons. The molecule has 0 aliphatic heterocycles. The molecule has 1 unspecified atom stereocenters. The summed E-state index contributed by atoms with van der Waals surface area (Å²) in [7, 11) is 0. The summed E-state index contributed by atoms with van der Waals surface area (Å²) in [4.78, 5) is 4.04. The lowest BCUT2D eigenvalue weighted by Gasteiger charge is -2.14. The molecule has 3 N–H and O–H groups in total. The highest BCUT2D eigenvalue weighted by Crippen LogP contribution is 2.11. The highest BCUT2D eigenvalue weighted by molar-refractivity contribution is 7.99. The van der Waals surface area contributed by atoms with E-state index < -0.39 is 0 Å². The van der Waals surface area contributed by atoms with Crippen molar-refractivity contribution in [3.63, 3.8) is 0 Å². The van der Waals surface area contributed by atoms with Crippen molar-refractivity contribution in [2.75, 3.05) is 22.6 Å². The smallest absolute Gasteiger partial charge is 0.123 e. The van der Waals surface area contributed by atoms with Gasteiger partial charge in [-0.05, 0) is 37.0 Å². The van der Waals surface area contributed by atoms with Crippen molar-refractivity contribution in [2.45, 2.75) is 26.3 Å². The Morgan fingerprint density at radius 3 is 2.93 bits per heavy atom. The topological polar surface area (TPSA) is 50.9 Å². The van der Waals surface area contributed by atoms with Gasteiger partial charge < -0.3 is 11.1 Å². The number of nitrogens with two attached hydrogens (primary N) is 1. The van der Waals surface area contributed by atoms with E-state index in [1.807, 2.05) is 23.9 Å². The average Bonchev–Trinajstić information content (AvgIpc) is 2.22. The minimum absolute atomic E-state index is 0.481. The van der Waals surface area contributed by atoms with Crippen LogP contribution in [-0.2, 0) is 0 Å². The van der Waals surface area contributed by atoms with Crippen LogP contribution >= 0.6 is 11.8 Å². The van der Waals surface area contributed by atoms with E-state index in [0.29, 0.717) is 11.9 Å². The van der Waals surface area contributed by atoms with Gasteiger partial charge in [0.25, 0.3) is 0 Å². The van der Waals surface area contributed by atoms with E-state index in [1.165, 1.54) is 17.9 Å². The molecule has 0 saturated carbocycles. The molecule has 1 atom stereocenters. The minimum Gasteiger partial charge on any atom is -0.384 e. The summed E-state index contributed by atoms with van der Waals surface area (Å²) in [6.45, 7) is 4.37. The van der Waals surface area contributed by atoms with Crippen molar-refractivity contribution >= 4 is 23.3 Å². The molecule has 0 aliphatic rings. The van der Waals surface area contributed by atoms with Gasteiger partial charge in [-0.25, -0.2) is 4.98 Å². The normalized spacial score (nSPS) is 12.4. The second-order valence-corrected chi connectivity index (χ2v) is 4.90. The quantitative estimate of drug-likeness (QED) is 0.731. The van der Waals surface area contributed by atoms with Crippen molar-refractivity contribution in [2.24, 2.45) is 0 Å². The number of pyridine rings is 1. The monoisotopic (exact) mass is 225 g/mol. The second-order valence-electron chi connectivity index (χ2n) is 3.50.